The Morgan fingerprint density at radius 3 is 2.69 bits per heavy atom. The molecule has 1 aliphatic rings. The highest BCUT2D eigenvalue weighted by atomic mass is 19.1. The molecule has 35 heavy (non-hydrogen) atoms. The molecule has 0 radical (unpaired) electrons. The number of aryl methyl sites for hydroxylation is 1. The lowest BCUT2D eigenvalue weighted by molar-refractivity contribution is -0.118. The third-order valence-corrected chi connectivity index (χ3v) is 6.94. The molecule has 6 nitrogen and oxygen atoms in total. The van der Waals surface area contributed by atoms with Crippen molar-refractivity contribution in [1.82, 2.24) is 14.0 Å². The summed E-state index contributed by atoms with van der Waals surface area (Å²) >= 11 is 0. The molecule has 0 saturated carbocycles. The zero-order valence-corrected chi connectivity index (χ0v) is 20.1. The van der Waals surface area contributed by atoms with E-state index in [4.69, 9.17) is 5.73 Å². The maximum Gasteiger partial charge on any atom is 0.258 e. The number of rotatable bonds is 6. The van der Waals surface area contributed by atoms with E-state index in [-0.39, 0.29) is 23.8 Å². The minimum absolute atomic E-state index is 0.0718. The summed E-state index contributed by atoms with van der Waals surface area (Å²) in [5, 5.41) is 1.11. The van der Waals surface area contributed by atoms with E-state index in [1.165, 1.54) is 6.07 Å². The minimum Gasteiger partial charge on any atom is -0.368 e. The lowest BCUT2D eigenvalue weighted by atomic mass is 9.98. The van der Waals surface area contributed by atoms with Crippen LogP contribution < -0.4 is 11.3 Å². The molecule has 0 unspecified atom stereocenters. The first kappa shape index (κ1) is 23.1. The van der Waals surface area contributed by atoms with Crippen LogP contribution in [0.2, 0.25) is 0 Å². The summed E-state index contributed by atoms with van der Waals surface area (Å²) in [5.41, 5.74) is 11.4. The van der Waals surface area contributed by atoms with Gasteiger partial charge in [0.05, 0.1) is 0 Å². The first-order valence-electron chi connectivity index (χ1n) is 11.9. The molecular weight excluding hydrogens is 443 g/mol. The average Bonchev–Trinajstić information content (AvgIpc) is 3.17. The monoisotopic (exact) mass is 472 g/mol. The summed E-state index contributed by atoms with van der Waals surface area (Å²) in [6, 6.07) is 14.9. The number of carbonyl (C=O) groups is 1. The number of nitrogens with two attached hydrogens (primary N) is 1. The number of amides is 1. The number of primary amides is 1. The number of aromatic nitrogens is 2. The number of halogens is 1. The molecule has 1 amide bonds. The van der Waals surface area contributed by atoms with Crippen LogP contribution in [0.3, 0.4) is 0 Å². The summed E-state index contributed by atoms with van der Waals surface area (Å²) in [6.07, 6.45) is 2.78. The van der Waals surface area contributed by atoms with Gasteiger partial charge in [0.2, 0.25) is 5.91 Å². The number of hydrogen-bond donors (Lipinski definition) is 1. The fourth-order valence-electron chi connectivity index (χ4n) is 5.20. The SMILES string of the molecule is CCn1c2c(cc(-c3ccc(C)c(F)c3)c1=O)CN(Cc1cn(CC(N)=O)c3ccccc13)CC2. The Morgan fingerprint density at radius 2 is 1.94 bits per heavy atom. The zero-order valence-electron chi connectivity index (χ0n) is 20.1. The molecule has 2 aromatic carbocycles. The smallest absolute Gasteiger partial charge is 0.258 e. The van der Waals surface area contributed by atoms with Gasteiger partial charge in [0.15, 0.2) is 0 Å². The van der Waals surface area contributed by atoms with Crippen LogP contribution >= 0.6 is 0 Å². The number of nitrogens with zero attached hydrogens (tertiary/aromatic N) is 3. The summed E-state index contributed by atoms with van der Waals surface area (Å²) in [4.78, 5) is 27.2. The average molecular weight is 473 g/mol. The number of pyridine rings is 1. The molecule has 0 aliphatic carbocycles. The quantitative estimate of drug-likeness (QED) is 0.461. The van der Waals surface area contributed by atoms with E-state index in [0.717, 1.165) is 40.7 Å². The third kappa shape index (κ3) is 4.28. The number of carbonyl (C=O) groups excluding carboxylic acids is 1. The van der Waals surface area contributed by atoms with Crippen molar-refractivity contribution in [2.24, 2.45) is 5.73 Å². The van der Waals surface area contributed by atoms with Gasteiger partial charge in [-0.15, -0.1) is 0 Å². The molecule has 0 atom stereocenters. The van der Waals surface area contributed by atoms with Gasteiger partial charge in [0.25, 0.3) is 5.56 Å². The van der Waals surface area contributed by atoms with E-state index in [1.54, 1.807) is 13.0 Å². The van der Waals surface area contributed by atoms with E-state index in [1.807, 2.05) is 52.6 Å². The Hall–Kier alpha value is -3.71. The van der Waals surface area contributed by atoms with Crippen molar-refractivity contribution in [3.05, 3.63) is 93.3 Å². The Bertz CT molecular complexity index is 1500. The molecule has 0 fully saturated rings. The maximum atomic E-state index is 14.3. The molecular formula is C28H29FN4O2. The lowest BCUT2D eigenvalue weighted by Gasteiger charge is -2.31. The molecule has 180 valence electrons. The molecule has 0 spiro atoms. The van der Waals surface area contributed by atoms with Crippen LogP contribution in [0.4, 0.5) is 4.39 Å². The van der Waals surface area contributed by atoms with Gasteiger partial charge in [0, 0.05) is 61.0 Å². The highest BCUT2D eigenvalue weighted by Gasteiger charge is 2.23. The summed E-state index contributed by atoms with van der Waals surface area (Å²) in [7, 11) is 0. The highest BCUT2D eigenvalue weighted by molar-refractivity contribution is 5.85. The fourth-order valence-corrected chi connectivity index (χ4v) is 5.20. The van der Waals surface area contributed by atoms with E-state index in [2.05, 4.69) is 11.0 Å². The first-order chi connectivity index (χ1) is 16.9. The number of hydrogen-bond acceptors (Lipinski definition) is 3. The van der Waals surface area contributed by atoms with Gasteiger partial charge >= 0.3 is 0 Å². The van der Waals surface area contributed by atoms with Crippen LogP contribution in [0.15, 0.2) is 59.5 Å². The predicted molar refractivity (Wildman–Crippen MR) is 135 cm³/mol. The van der Waals surface area contributed by atoms with Gasteiger partial charge in [-0.1, -0.05) is 30.3 Å². The van der Waals surface area contributed by atoms with Crippen molar-refractivity contribution < 1.29 is 9.18 Å². The highest BCUT2D eigenvalue weighted by Crippen LogP contribution is 2.28. The second-order valence-electron chi connectivity index (χ2n) is 9.27. The van der Waals surface area contributed by atoms with Crippen molar-refractivity contribution >= 4 is 16.8 Å². The van der Waals surface area contributed by atoms with Crippen molar-refractivity contribution in [2.45, 2.75) is 46.4 Å². The van der Waals surface area contributed by atoms with Gasteiger partial charge in [-0.25, -0.2) is 4.39 Å². The van der Waals surface area contributed by atoms with Crippen LogP contribution in [0.1, 0.15) is 29.3 Å². The Balaban J connectivity index is 1.50. The second kappa shape index (κ2) is 9.15. The van der Waals surface area contributed by atoms with E-state index in [0.29, 0.717) is 36.3 Å². The third-order valence-electron chi connectivity index (χ3n) is 6.94. The topological polar surface area (TPSA) is 73.3 Å². The standard InChI is InChI=1S/C28H29FN4O2/c1-3-33-25-10-11-31(15-21-16-32(17-27(30)34)26-7-5-4-6-22(21)26)14-20(25)12-23(28(33)35)19-9-8-18(2)24(29)13-19/h4-9,12-13,16H,3,10-11,14-15,17H2,1-2H3,(H2,30,34). The second-order valence-corrected chi connectivity index (χ2v) is 9.27. The van der Waals surface area contributed by atoms with Crippen LogP contribution in [-0.4, -0.2) is 26.5 Å². The molecule has 4 aromatic rings. The molecule has 1 aliphatic heterocycles. The van der Waals surface area contributed by atoms with Gasteiger partial charge in [-0.2, -0.15) is 0 Å². The number of benzene rings is 2. The molecule has 2 N–H and O–H groups in total. The Kier molecular flexibility index (Phi) is 6.03. The minimum atomic E-state index is -0.373. The molecule has 5 rings (SSSR count). The molecule has 0 bridgehead atoms. The summed E-state index contributed by atoms with van der Waals surface area (Å²) in [6.45, 7) is 6.63. The molecule has 7 heteroatoms. The Morgan fingerprint density at radius 1 is 1.14 bits per heavy atom. The molecule has 3 heterocycles. The van der Waals surface area contributed by atoms with Crippen molar-refractivity contribution in [2.75, 3.05) is 6.54 Å². The number of para-hydroxylation sites is 1. The van der Waals surface area contributed by atoms with Crippen molar-refractivity contribution in [3.8, 4) is 11.1 Å². The van der Waals surface area contributed by atoms with Crippen LogP contribution in [0.5, 0.6) is 0 Å². The maximum absolute atomic E-state index is 14.3. The number of fused-ring (bicyclic) bond motifs is 2. The summed E-state index contributed by atoms with van der Waals surface area (Å²) in [5.74, 6) is -0.682. The van der Waals surface area contributed by atoms with Gasteiger partial charge in [-0.05, 0) is 54.3 Å². The van der Waals surface area contributed by atoms with Gasteiger partial charge < -0.3 is 14.9 Å². The Labute approximate surface area is 203 Å². The normalized spacial score (nSPS) is 13.8. The zero-order chi connectivity index (χ0) is 24.7. The summed E-state index contributed by atoms with van der Waals surface area (Å²) < 4.78 is 18.0. The van der Waals surface area contributed by atoms with Gasteiger partial charge in [0.1, 0.15) is 12.4 Å². The van der Waals surface area contributed by atoms with Crippen molar-refractivity contribution in [3.63, 3.8) is 0 Å². The van der Waals surface area contributed by atoms with E-state index in [9.17, 15) is 14.0 Å². The lowest BCUT2D eigenvalue weighted by Crippen LogP contribution is -2.35. The molecule has 0 saturated heterocycles. The molecule has 2 aromatic heterocycles. The van der Waals surface area contributed by atoms with Gasteiger partial charge in [-0.3, -0.25) is 14.5 Å². The van der Waals surface area contributed by atoms with Crippen molar-refractivity contribution in [1.29, 1.82) is 0 Å². The largest absolute Gasteiger partial charge is 0.368 e. The fraction of sp³-hybridized carbons (Fsp3) is 0.286. The van der Waals surface area contributed by atoms with Crippen LogP contribution in [0, 0.1) is 12.7 Å². The first-order valence-corrected chi connectivity index (χ1v) is 11.9. The van der Waals surface area contributed by atoms with Crippen LogP contribution in [0.25, 0.3) is 22.0 Å². The van der Waals surface area contributed by atoms with Crippen LogP contribution in [-0.2, 0) is 37.4 Å². The van der Waals surface area contributed by atoms with E-state index < -0.39 is 0 Å². The van der Waals surface area contributed by atoms with E-state index >= 15 is 0 Å². The predicted octanol–water partition coefficient (Wildman–Crippen LogP) is 3.98.